The number of benzene rings is 1. The van der Waals surface area contributed by atoms with Crippen LogP contribution >= 0.6 is 36.6 Å². The summed E-state index contributed by atoms with van der Waals surface area (Å²) in [7, 11) is 0. The van der Waals surface area contributed by atoms with Gasteiger partial charge in [-0.1, -0.05) is 39.0 Å². The molecule has 0 radical (unpaired) electrons. The third kappa shape index (κ3) is 6.37. The van der Waals surface area contributed by atoms with Crippen LogP contribution in [-0.4, -0.2) is 35.8 Å². The summed E-state index contributed by atoms with van der Waals surface area (Å²) >= 11 is 1.98. The van der Waals surface area contributed by atoms with Gasteiger partial charge in [-0.3, -0.25) is 4.90 Å². The second kappa shape index (κ2) is 9.26. The Morgan fingerprint density at radius 3 is 2.24 bits per heavy atom. The van der Waals surface area contributed by atoms with Crippen LogP contribution < -0.4 is 5.32 Å². The fourth-order valence-electron chi connectivity index (χ4n) is 2.51. The SMILES string of the molecule is C[C@H](c1ccccc1SC(C)(C)C)N1CCNCC1.Cl.Cl. The Bertz CT molecular complexity index is 415. The highest BCUT2D eigenvalue weighted by atomic mass is 35.5. The van der Waals surface area contributed by atoms with E-state index in [9.17, 15) is 0 Å². The van der Waals surface area contributed by atoms with Crippen molar-refractivity contribution >= 4 is 36.6 Å². The van der Waals surface area contributed by atoms with Crippen molar-refractivity contribution in [2.75, 3.05) is 26.2 Å². The van der Waals surface area contributed by atoms with Crippen molar-refractivity contribution in [2.45, 2.75) is 43.4 Å². The molecule has 1 aliphatic rings. The van der Waals surface area contributed by atoms with E-state index in [-0.39, 0.29) is 29.6 Å². The average Bonchev–Trinajstić information content (AvgIpc) is 2.38. The largest absolute Gasteiger partial charge is 0.314 e. The van der Waals surface area contributed by atoms with Gasteiger partial charge in [0.1, 0.15) is 0 Å². The Balaban J connectivity index is 0.00000200. The molecule has 1 aromatic carbocycles. The second-order valence-electron chi connectivity index (χ2n) is 6.21. The topological polar surface area (TPSA) is 15.3 Å². The molecule has 5 heteroatoms. The summed E-state index contributed by atoms with van der Waals surface area (Å²) in [5.41, 5.74) is 1.48. The summed E-state index contributed by atoms with van der Waals surface area (Å²) < 4.78 is 0.263. The van der Waals surface area contributed by atoms with Gasteiger partial charge in [0, 0.05) is 41.9 Å². The van der Waals surface area contributed by atoms with Gasteiger partial charge in [-0.05, 0) is 18.6 Å². The maximum absolute atomic E-state index is 3.43. The zero-order valence-corrected chi connectivity index (χ0v) is 15.8. The molecule has 1 saturated heterocycles. The number of piperazine rings is 1. The lowest BCUT2D eigenvalue weighted by Gasteiger charge is -2.34. The molecule has 2 rings (SSSR count). The standard InChI is InChI=1S/C16H26N2S.2ClH/c1-13(18-11-9-17-10-12-18)14-7-5-6-8-15(14)19-16(2,3)4;;/h5-8,13,17H,9-12H2,1-4H3;2*1H/t13-;;/m1../s1. The molecule has 1 aliphatic heterocycles. The first kappa shape index (κ1) is 21.1. The maximum Gasteiger partial charge on any atom is 0.0332 e. The lowest BCUT2D eigenvalue weighted by atomic mass is 10.1. The Labute approximate surface area is 146 Å². The number of nitrogens with zero attached hydrogens (tertiary/aromatic N) is 1. The van der Waals surface area contributed by atoms with Crippen LogP contribution in [0, 0.1) is 0 Å². The minimum Gasteiger partial charge on any atom is -0.314 e. The molecule has 1 atom stereocenters. The van der Waals surface area contributed by atoms with Gasteiger partial charge in [0.25, 0.3) is 0 Å². The van der Waals surface area contributed by atoms with E-state index < -0.39 is 0 Å². The summed E-state index contributed by atoms with van der Waals surface area (Å²) in [4.78, 5) is 4.01. The summed E-state index contributed by atoms with van der Waals surface area (Å²) in [6, 6.07) is 9.39. The Morgan fingerprint density at radius 2 is 1.67 bits per heavy atom. The number of thioether (sulfide) groups is 1. The van der Waals surface area contributed by atoms with Crippen LogP contribution in [0.5, 0.6) is 0 Å². The van der Waals surface area contributed by atoms with Crippen LogP contribution in [0.15, 0.2) is 29.2 Å². The van der Waals surface area contributed by atoms with Crippen molar-refractivity contribution in [3.8, 4) is 0 Å². The number of halogens is 2. The minimum absolute atomic E-state index is 0. The molecular weight excluding hydrogens is 323 g/mol. The van der Waals surface area contributed by atoms with Crippen molar-refractivity contribution < 1.29 is 0 Å². The fraction of sp³-hybridized carbons (Fsp3) is 0.625. The van der Waals surface area contributed by atoms with E-state index in [1.54, 1.807) is 0 Å². The number of hydrogen-bond acceptors (Lipinski definition) is 3. The number of nitrogens with one attached hydrogen (secondary N) is 1. The van der Waals surface area contributed by atoms with E-state index >= 15 is 0 Å². The van der Waals surface area contributed by atoms with Gasteiger partial charge in [-0.2, -0.15) is 0 Å². The average molecular weight is 351 g/mol. The lowest BCUT2D eigenvalue weighted by molar-refractivity contribution is 0.184. The molecule has 0 aliphatic carbocycles. The van der Waals surface area contributed by atoms with Crippen LogP contribution in [0.25, 0.3) is 0 Å². The highest BCUT2D eigenvalue weighted by molar-refractivity contribution is 8.00. The Kier molecular flexibility index (Phi) is 9.29. The minimum atomic E-state index is 0. The van der Waals surface area contributed by atoms with Crippen molar-refractivity contribution in [1.29, 1.82) is 0 Å². The molecule has 0 bridgehead atoms. The van der Waals surface area contributed by atoms with E-state index in [4.69, 9.17) is 0 Å². The molecule has 1 aromatic rings. The van der Waals surface area contributed by atoms with Gasteiger partial charge < -0.3 is 5.32 Å². The Morgan fingerprint density at radius 1 is 1.10 bits per heavy atom. The molecular formula is C16H28Cl2N2S. The van der Waals surface area contributed by atoms with Crippen molar-refractivity contribution in [2.24, 2.45) is 0 Å². The molecule has 0 unspecified atom stereocenters. The van der Waals surface area contributed by atoms with Gasteiger partial charge >= 0.3 is 0 Å². The normalized spacial score (nSPS) is 17.5. The predicted molar refractivity (Wildman–Crippen MR) is 99.4 cm³/mol. The molecule has 0 spiro atoms. The first-order valence-corrected chi connectivity index (χ1v) is 8.02. The third-order valence-electron chi connectivity index (χ3n) is 3.48. The monoisotopic (exact) mass is 350 g/mol. The highest BCUT2D eigenvalue weighted by Gasteiger charge is 2.22. The van der Waals surface area contributed by atoms with Gasteiger partial charge in [0.15, 0.2) is 0 Å². The van der Waals surface area contributed by atoms with Gasteiger partial charge in [0.05, 0.1) is 0 Å². The molecule has 122 valence electrons. The molecule has 0 amide bonds. The third-order valence-corrected chi connectivity index (χ3v) is 4.69. The number of rotatable bonds is 3. The summed E-state index contributed by atoms with van der Waals surface area (Å²) in [6.45, 7) is 13.7. The van der Waals surface area contributed by atoms with E-state index in [1.165, 1.54) is 10.5 Å². The van der Waals surface area contributed by atoms with Gasteiger partial charge in [-0.25, -0.2) is 0 Å². The molecule has 1 heterocycles. The molecule has 2 nitrogen and oxygen atoms in total. The van der Waals surface area contributed by atoms with E-state index in [2.05, 4.69) is 62.2 Å². The summed E-state index contributed by atoms with van der Waals surface area (Å²) in [5.74, 6) is 0. The van der Waals surface area contributed by atoms with E-state index in [0.29, 0.717) is 6.04 Å². The van der Waals surface area contributed by atoms with Crippen LogP contribution in [0.4, 0.5) is 0 Å². The lowest BCUT2D eigenvalue weighted by Crippen LogP contribution is -2.44. The van der Waals surface area contributed by atoms with E-state index in [0.717, 1.165) is 26.2 Å². The summed E-state index contributed by atoms with van der Waals surface area (Å²) in [5, 5.41) is 3.43. The Hall–Kier alpha value is 0.0700. The van der Waals surface area contributed by atoms with Crippen molar-refractivity contribution in [1.82, 2.24) is 10.2 Å². The smallest absolute Gasteiger partial charge is 0.0332 e. The van der Waals surface area contributed by atoms with Crippen molar-refractivity contribution in [3.05, 3.63) is 29.8 Å². The molecule has 0 aromatic heterocycles. The highest BCUT2D eigenvalue weighted by Crippen LogP contribution is 2.37. The van der Waals surface area contributed by atoms with E-state index in [1.807, 2.05) is 11.8 Å². The second-order valence-corrected chi connectivity index (χ2v) is 8.08. The van der Waals surface area contributed by atoms with Crippen molar-refractivity contribution in [3.63, 3.8) is 0 Å². The predicted octanol–water partition coefficient (Wildman–Crippen LogP) is 4.39. The maximum atomic E-state index is 3.43. The van der Waals surface area contributed by atoms with Gasteiger partial charge in [-0.15, -0.1) is 36.6 Å². The van der Waals surface area contributed by atoms with Gasteiger partial charge in [0.2, 0.25) is 0 Å². The first-order valence-electron chi connectivity index (χ1n) is 7.20. The zero-order chi connectivity index (χ0) is 13.9. The molecule has 21 heavy (non-hydrogen) atoms. The van der Waals surface area contributed by atoms with Crippen LogP contribution in [0.1, 0.15) is 39.3 Å². The zero-order valence-electron chi connectivity index (χ0n) is 13.4. The quantitative estimate of drug-likeness (QED) is 0.814. The van der Waals surface area contributed by atoms with Crippen LogP contribution in [0.2, 0.25) is 0 Å². The molecule has 1 N–H and O–H groups in total. The van der Waals surface area contributed by atoms with Crippen LogP contribution in [-0.2, 0) is 0 Å². The fourth-order valence-corrected chi connectivity index (χ4v) is 3.68. The van der Waals surface area contributed by atoms with Crippen LogP contribution in [0.3, 0.4) is 0 Å². The molecule has 1 fully saturated rings. The molecule has 0 saturated carbocycles. The summed E-state index contributed by atoms with van der Waals surface area (Å²) in [6.07, 6.45) is 0. The number of hydrogen-bond donors (Lipinski definition) is 1. The first-order chi connectivity index (χ1) is 8.97.